The molecule has 0 fully saturated rings. The second-order valence-corrected chi connectivity index (χ2v) is 8.92. The third-order valence-corrected chi connectivity index (χ3v) is 6.58. The maximum absolute atomic E-state index is 12.8. The Morgan fingerprint density at radius 2 is 1.79 bits per heavy atom. The zero-order chi connectivity index (χ0) is 20.9. The molecule has 0 radical (unpaired) electrons. The number of thiophene rings is 1. The molecule has 8 heteroatoms. The molecule has 0 bridgehead atoms. The molecule has 2 N–H and O–H groups in total. The molecule has 152 valence electrons. The summed E-state index contributed by atoms with van der Waals surface area (Å²) in [5.41, 5.74) is 2.57. The van der Waals surface area contributed by atoms with Crippen LogP contribution in [0.5, 0.6) is 5.75 Å². The van der Waals surface area contributed by atoms with Gasteiger partial charge in [-0.05, 0) is 77.7 Å². The minimum absolute atomic E-state index is 0.115. The molecule has 0 aliphatic rings. The minimum Gasteiger partial charge on any atom is -0.497 e. The first kappa shape index (κ1) is 20.9. The smallest absolute Gasteiger partial charge is 0.262 e. The highest BCUT2D eigenvalue weighted by Gasteiger charge is 2.18. The van der Waals surface area contributed by atoms with Crippen LogP contribution in [0, 0.1) is 6.92 Å². The van der Waals surface area contributed by atoms with Gasteiger partial charge in [-0.2, -0.15) is 11.3 Å². The molecule has 3 aromatic rings. The number of aryl methyl sites for hydroxylation is 2. The van der Waals surface area contributed by atoms with E-state index < -0.39 is 10.0 Å². The molecule has 29 heavy (non-hydrogen) atoms. The molecule has 0 saturated carbocycles. The van der Waals surface area contributed by atoms with Gasteiger partial charge in [0.25, 0.3) is 10.0 Å². The topological polar surface area (TPSA) is 84.5 Å². The van der Waals surface area contributed by atoms with E-state index >= 15 is 0 Å². The van der Waals surface area contributed by atoms with Gasteiger partial charge in [-0.25, -0.2) is 8.42 Å². The van der Waals surface area contributed by atoms with E-state index in [4.69, 9.17) is 4.74 Å². The lowest BCUT2D eigenvalue weighted by molar-refractivity contribution is -0.116. The fourth-order valence-electron chi connectivity index (χ4n) is 2.75. The molecular weight excluding hydrogens is 408 g/mol. The fourth-order valence-corrected chi connectivity index (χ4v) is 4.79. The highest BCUT2D eigenvalue weighted by Crippen LogP contribution is 2.24. The van der Waals surface area contributed by atoms with Crippen molar-refractivity contribution in [2.45, 2.75) is 24.7 Å². The minimum atomic E-state index is -3.81. The van der Waals surface area contributed by atoms with Crippen LogP contribution in [0.1, 0.15) is 17.5 Å². The standard InChI is InChI=1S/C21H22N2O4S2/c1-15-3-5-18(22-21(24)10-4-16-11-12-28-14-16)13-20(15)29(25,26)23-17-6-8-19(27-2)9-7-17/h3,5-9,11-14,23H,4,10H2,1-2H3,(H,22,24). The molecule has 2 aromatic carbocycles. The van der Waals surface area contributed by atoms with Crippen molar-refractivity contribution in [1.29, 1.82) is 0 Å². The van der Waals surface area contributed by atoms with E-state index in [-0.39, 0.29) is 10.8 Å². The third-order valence-electron chi connectivity index (χ3n) is 4.32. The summed E-state index contributed by atoms with van der Waals surface area (Å²) < 4.78 is 33.3. The molecule has 0 saturated heterocycles. The first-order valence-electron chi connectivity index (χ1n) is 8.96. The number of carbonyl (C=O) groups is 1. The Morgan fingerprint density at radius 1 is 1.07 bits per heavy atom. The number of sulfonamides is 1. The summed E-state index contributed by atoms with van der Waals surface area (Å²) in [5.74, 6) is 0.475. The number of hydrogen-bond acceptors (Lipinski definition) is 5. The maximum atomic E-state index is 12.8. The predicted molar refractivity (Wildman–Crippen MR) is 116 cm³/mol. The van der Waals surface area contributed by atoms with E-state index in [1.54, 1.807) is 61.8 Å². The zero-order valence-electron chi connectivity index (χ0n) is 16.1. The van der Waals surface area contributed by atoms with E-state index in [2.05, 4.69) is 10.0 Å². The van der Waals surface area contributed by atoms with Gasteiger partial charge in [-0.3, -0.25) is 9.52 Å². The molecule has 3 rings (SSSR count). The van der Waals surface area contributed by atoms with Gasteiger partial charge < -0.3 is 10.1 Å². The summed E-state index contributed by atoms with van der Waals surface area (Å²) in [6, 6.07) is 13.4. The quantitative estimate of drug-likeness (QED) is 0.553. The molecule has 0 aliphatic carbocycles. The van der Waals surface area contributed by atoms with Crippen LogP contribution in [0.25, 0.3) is 0 Å². The van der Waals surface area contributed by atoms with Crippen molar-refractivity contribution in [3.8, 4) is 5.75 Å². The van der Waals surface area contributed by atoms with E-state index in [9.17, 15) is 13.2 Å². The third kappa shape index (κ3) is 5.58. The van der Waals surface area contributed by atoms with Crippen molar-refractivity contribution in [2.24, 2.45) is 0 Å². The Bertz CT molecular complexity index is 1080. The number of anilines is 2. The van der Waals surface area contributed by atoms with E-state index in [0.717, 1.165) is 5.56 Å². The predicted octanol–water partition coefficient (Wildman–Crippen LogP) is 4.44. The summed E-state index contributed by atoms with van der Waals surface area (Å²) in [6.07, 6.45) is 0.974. The fraction of sp³-hybridized carbons (Fsp3) is 0.190. The van der Waals surface area contributed by atoms with E-state index in [0.29, 0.717) is 35.5 Å². The normalized spacial score (nSPS) is 11.1. The van der Waals surface area contributed by atoms with Crippen LogP contribution < -0.4 is 14.8 Å². The van der Waals surface area contributed by atoms with Gasteiger partial charge in [0, 0.05) is 17.8 Å². The van der Waals surface area contributed by atoms with E-state index in [1.165, 1.54) is 6.07 Å². The number of nitrogens with one attached hydrogen (secondary N) is 2. The average molecular weight is 431 g/mol. The van der Waals surface area contributed by atoms with Gasteiger partial charge in [0.1, 0.15) is 5.75 Å². The molecule has 1 heterocycles. The largest absolute Gasteiger partial charge is 0.497 e. The van der Waals surface area contributed by atoms with Crippen LogP contribution in [0.15, 0.2) is 64.2 Å². The van der Waals surface area contributed by atoms with Crippen LogP contribution >= 0.6 is 11.3 Å². The Labute approximate surface area is 174 Å². The van der Waals surface area contributed by atoms with Crippen LogP contribution in [0.4, 0.5) is 11.4 Å². The van der Waals surface area contributed by atoms with Crippen LogP contribution in [-0.2, 0) is 21.2 Å². The monoisotopic (exact) mass is 430 g/mol. The number of methoxy groups -OCH3 is 1. The number of benzene rings is 2. The van der Waals surface area contributed by atoms with Crippen LogP contribution in [0.2, 0.25) is 0 Å². The van der Waals surface area contributed by atoms with E-state index in [1.807, 2.05) is 16.8 Å². The van der Waals surface area contributed by atoms with Gasteiger partial charge in [0.15, 0.2) is 0 Å². The number of carbonyl (C=O) groups excluding carboxylic acids is 1. The molecule has 1 aromatic heterocycles. The van der Waals surface area contributed by atoms with Crippen molar-refractivity contribution in [2.75, 3.05) is 17.1 Å². The summed E-state index contributed by atoms with van der Waals surface area (Å²) in [7, 11) is -2.27. The van der Waals surface area contributed by atoms with Crippen molar-refractivity contribution in [3.63, 3.8) is 0 Å². The Morgan fingerprint density at radius 3 is 2.45 bits per heavy atom. The van der Waals surface area contributed by atoms with Crippen molar-refractivity contribution in [1.82, 2.24) is 0 Å². The molecule has 0 spiro atoms. The number of amides is 1. The maximum Gasteiger partial charge on any atom is 0.262 e. The molecule has 0 atom stereocenters. The second kappa shape index (κ2) is 9.11. The van der Waals surface area contributed by atoms with Gasteiger partial charge in [-0.1, -0.05) is 6.07 Å². The lowest BCUT2D eigenvalue weighted by atomic mass is 10.2. The SMILES string of the molecule is COc1ccc(NS(=O)(=O)c2cc(NC(=O)CCc3ccsc3)ccc2C)cc1. The lowest BCUT2D eigenvalue weighted by Crippen LogP contribution is -2.16. The van der Waals surface area contributed by atoms with Crippen molar-refractivity contribution < 1.29 is 17.9 Å². The highest BCUT2D eigenvalue weighted by atomic mass is 32.2. The van der Waals surface area contributed by atoms with Gasteiger partial charge in [0.2, 0.25) is 5.91 Å². The summed E-state index contributed by atoms with van der Waals surface area (Å²) >= 11 is 1.59. The Balaban J connectivity index is 1.72. The zero-order valence-corrected chi connectivity index (χ0v) is 17.8. The second-order valence-electron chi connectivity index (χ2n) is 6.49. The van der Waals surface area contributed by atoms with Gasteiger partial charge in [-0.15, -0.1) is 0 Å². The molecule has 0 aliphatic heterocycles. The summed E-state index contributed by atoms with van der Waals surface area (Å²) in [5, 5.41) is 6.76. The lowest BCUT2D eigenvalue weighted by Gasteiger charge is -2.13. The summed E-state index contributed by atoms with van der Waals surface area (Å²) in [6.45, 7) is 1.71. The van der Waals surface area contributed by atoms with Crippen molar-refractivity contribution >= 4 is 38.6 Å². The first-order valence-corrected chi connectivity index (χ1v) is 11.4. The van der Waals surface area contributed by atoms with Crippen LogP contribution in [-0.4, -0.2) is 21.4 Å². The number of hydrogen-bond donors (Lipinski definition) is 2. The number of rotatable bonds is 8. The molecule has 0 unspecified atom stereocenters. The first-order chi connectivity index (χ1) is 13.9. The van der Waals surface area contributed by atoms with Gasteiger partial charge >= 0.3 is 0 Å². The van der Waals surface area contributed by atoms with Gasteiger partial charge in [0.05, 0.1) is 12.0 Å². The average Bonchev–Trinajstić information content (AvgIpc) is 3.22. The summed E-state index contributed by atoms with van der Waals surface area (Å²) in [4.78, 5) is 12.3. The highest BCUT2D eigenvalue weighted by molar-refractivity contribution is 7.92. The molecule has 6 nitrogen and oxygen atoms in total. The Kier molecular flexibility index (Phi) is 6.56. The molecule has 1 amide bonds. The molecular formula is C21H22N2O4S2. The number of ether oxygens (including phenoxy) is 1. The Hall–Kier alpha value is -2.84. The van der Waals surface area contributed by atoms with Crippen molar-refractivity contribution in [3.05, 3.63) is 70.4 Å². The van der Waals surface area contributed by atoms with Crippen LogP contribution in [0.3, 0.4) is 0 Å².